The summed E-state index contributed by atoms with van der Waals surface area (Å²) < 4.78 is 16.4. The largest absolute Gasteiger partial charge is 0.416 e. The molecule has 2 saturated heterocycles. The third-order valence-electron chi connectivity index (χ3n) is 5.27. The second-order valence-electron chi connectivity index (χ2n) is 6.93. The zero-order chi connectivity index (χ0) is 17.8. The molecule has 26 heavy (non-hydrogen) atoms. The molecule has 2 aliphatic heterocycles. The zero-order valence-corrected chi connectivity index (χ0v) is 14.8. The number of hydrogen-bond donors (Lipinski definition) is 0. The van der Waals surface area contributed by atoms with Crippen LogP contribution < -0.4 is 4.74 Å². The summed E-state index contributed by atoms with van der Waals surface area (Å²) in [5.41, 5.74) is 0.315. The molecule has 2 aliphatic rings. The molecule has 6 nitrogen and oxygen atoms in total. The smallest absolute Gasteiger partial charge is 0.399 e. The average molecular weight is 356 g/mol. The van der Waals surface area contributed by atoms with Gasteiger partial charge in [0.15, 0.2) is 5.69 Å². The molecule has 1 aromatic heterocycles. The van der Waals surface area contributed by atoms with E-state index < -0.39 is 0 Å². The quantitative estimate of drug-likeness (QED) is 0.831. The Morgan fingerprint density at radius 2 is 1.92 bits per heavy atom. The van der Waals surface area contributed by atoms with Crippen LogP contribution in [0.5, 0.6) is 11.8 Å². The Morgan fingerprint density at radius 1 is 1.12 bits per heavy atom. The highest BCUT2D eigenvalue weighted by Gasteiger charge is 2.35. The van der Waals surface area contributed by atoms with Crippen molar-refractivity contribution < 1.29 is 18.7 Å². The highest BCUT2D eigenvalue weighted by atomic mass is 16.6. The number of para-hydroxylation sites is 1. The predicted molar refractivity (Wildman–Crippen MR) is 95.2 cm³/mol. The van der Waals surface area contributed by atoms with E-state index in [1.165, 1.54) is 12.7 Å². The fraction of sp³-hybridized carbons (Fsp3) is 0.500. The lowest BCUT2D eigenvalue weighted by atomic mass is 9.85. The predicted octanol–water partition coefficient (Wildman–Crippen LogP) is 3.89. The van der Waals surface area contributed by atoms with Crippen LogP contribution in [0.1, 0.15) is 42.6 Å². The molecule has 1 amide bonds. The van der Waals surface area contributed by atoms with E-state index >= 15 is 0 Å². The molecular weight excluding hydrogens is 332 g/mol. The van der Waals surface area contributed by atoms with Crippen LogP contribution in [0.25, 0.3) is 0 Å². The highest BCUT2D eigenvalue weighted by Crippen LogP contribution is 2.31. The number of carbonyl (C=O) groups is 1. The van der Waals surface area contributed by atoms with E-state index in [9.17, 15) is 4.79 Å². The van der Waals surface area contributed by atoms with Gasteiger partial charge in [0.2, 0.25) is 0 Å². The van der Waals surface area contributed by atoms with Crippen molar-refractivity contribution in [3.05, 3.63) is 42.3 Å². The molecule has 2 aromatic rings. The Bertz CT molecular complexity index is 724. The van der Waals surface area contributed by atoms with Gasteiger partial charge in [0.25, 0.3) is 5.91 Å². The van der Waals surface area contributed by atoms with E-state index in [-0.39, 0.29) is 18.0 Å². The van der Waals surface area contributed by atoms with Crippen LogP contribution in [0.3, 0.4) is 0 Å². The molecule has 1 unspecified atom stereocenters. The summed E-state index contributed by atoms with van der Waals surface area (Å²) in [7, 11) is 0. The fourth-order valence-corrected chi connectivity index (χ4v) is 3.94. The van der Waals surface area contributed by atoms with Crippen LogP contribution in [0.4, 0.5) is 0 Å². The SMILES string of the molecule is O=C(c1coc(Oc2ccccc2)n1)N1CCCCC1C1CCOCC1. The number of benzene rings is 1. The van der Waals surface area contributed by atoms with Gasteiger partial charge in [-0.1, -0.05) is 18.2 Å². The van der Waals surface area contributed by atoms with E-state index in [2.05, 4.69) is 4.98 Å². The van der Waals surface area contributed by atoms with Gasteiger partial charge in [-0.2, -0.15) is 4.98 Å². The van der Waals surface area contributed by atoms with Crippen molar-refractivity contribution in [3.8, 4) is 11.8 Å². The van der Waals surface area contributed by atoms with Gasteiger partial charge < -0.3 is 18.8 Å². The molecule has 0 bridgehead atoms. The van der Waals surface area contributed by atoms with E-state index in [1.807, 2.05) is 35.2 Å². The average Bonchev–Trinajstić information content (AvgIpc) is 3.17. The number of piperidine rings is 1. The van der Waals surface area contributed by atoms with E-state index in [0.717, 1.165) is 45.4 Å². The lowest BCUT2D eigenvalue weighted by molar-refractivity contribution is 0.0128. The van der Waals surface area contributed by atoms with Crippen LogP contribution in [0.2, 0.25) is 0 Å². The maximum atomic E-state index is 13.0. The Labute approximate surface area is 153 Å². The maximum absolute atomic E-state index is 13.0. The van der Waals surface area contributed by atoms with Crippen LogP contribution >= 0.6 is 0 Å². The molecule has 6 heteroatoms. The Morgan fingerprint density at radius 3 is 2.73 bits per heavy atom. The Balaban J connectivity index is 1.47. The van der Waals surface area contributed by atoms with Crippen molar-refractivity contribution in [2.24, 2.45) is 5.92 Å². The molecule has 0 aliphatic carbocycles. The first kappa shape index (κ1) is 17.1. The van der Waals surface area contributed by atoms with Gasteiger partial charge in [0, 0.05) is 25.8 Å². The minimum atomic E-state index is -0.0622. The molecule has 0 N–H and O–H groups in total. The minimum Gasteiger partial charge on any atom is -0.416 e. The van der Waals surface area contributed by atoms with Gasteiger partial charge in [-0.15, -0.1) is 0 Å². The molecule has 4 rings (SSSR count). The summed E-state index contributed by atoms with van der Waals surface area (Å²) in [5, 5.41) is 0. The van der Waals surface area contributed by atoms with Gasteiger partial charge >= 0.3 is 6.08 Å². The van der Waals surface area contributed by atoms with E-state index in [1.54, 1.807) is 0 Å². The van der Waals surface area contributed by atoms with Gasteiger partial charge in [-0.3, -0.25) is 4.79 Å². The third kappa shape index (κ3) is 3.75. The topological polar surface area (TPSA) is 64.8 Å². The summed E-state index contributed by atoms with van der Waals surface area (Å²) in [6.45, 7) is 2.37. The second kappa shape index (κ2) is 7.91. The molecule has 3 heterocycles. The van der Waals surface area contributed by atoms with Crippen molar-refractivity contribution in [2.45, 2.75) is 38.1 Å². The number of rotatable bonds is 4. The first-order valence-corrected chi connectivity index (χ1v) is 9.38. The van der Waals surface area contributed by atoms with Crippen molar-refractivity contribution in [2.75, 3.05) is 19.8 Å². The molecule has 1 aromatic carbocycles. The van der Waals surface area contributed by atoms with Gasteiger partial charge in [0.05, 0.1) is 0 Å². The number of amides is 1. The standard InChI is InChI=1S/C20H24N2O4/c23-19(17-14-25-20(21-17)26-16-6-2-1-3-7-16)22-11-5-4-8-18(22)15-9-12-24-13-10-15/h1-3,6-7,14-15,18H,4-5,8-13H2. The molecular formula is C20H24N2O4. The number of oxazole rings is 1. The number of hydrogen-bond acceptors (Lipinski definition) is 5. The van der Waals surface area contributed by atoms with Crippen molar-refractivity contribution in [1.82, 2.24) is 9.88 Å². The van der Waals surface area contributed by atoms with Crippen LogP contribution in [-0.2, 0) is 4.74 Å². The van der Waals surface area contributed by atoms with Crippen molar-refractivity contribution in [1.29, 1.82) is 0 Å². The number of nitrogens with zero attached hydrogens (tertiary/aromatic N) is 2. The summed E-state index contributed by atoms with van der Waals surface area (Å²) in [6, 6.07) is 9.56. The second-order valence-corrected chi connectivity index (χ2v) is 6.93. The third-order valence-corrected chi connectivity index (χ3v) is 5.27. The lowest BCUT2D eigenvalue weighted by Gasteiger charge is -2.41. The summed E-state index contributed by atoms with van der Waals surface area (Å²) in [6.07, 6.45) is 6.81. The summed E-state index contributed by atoms with van der Waals surface area (Å²) >= 11 is 0. The first-order valence-electron chi connectivity index (χ1n) is 9.38. The van der Waals surface area contributed by atoms with Crippen molar-refractivity contribution >= 4 is 5.91 Å². The van der Waals surface area contributed by atoms with Gasteiger partial charge in [-0.05, 0) is 50.2 Å². The van der Waals surface area contributed by atoms with Crippen LogP contribution in [-0.4, -0.2) is 41.6 Å². The number of ether oxygens (including phenoxy) is 2. The Kier molecular flexibility index (Phi) is 5.20. The number of likely N-dealkylation sites (tertiary alicyclic amines) is 1. The fourth-order valence-electron chi connectivity index (χ4n) is 3.94. The molecule has 0 saturated carbocycles. The van der Waals surface area contributed by atoms with Gasteiger partial charge in [0.1, 0.15) is 12.0 Å². The monoisotopic (exact) mass is 356 g/mol. The van der Waals surface area contributed by atoms with Crippen LogP contribution in [0, 0.1) is 5.92 Å². The maximum Gasteiger partial charge on any atom is 0.399 e. The zero-order valence-electron chi connectivity index (χ0n) is 14.8. The lowest BCUT2D eigenvalue weighted by Crippen LogP contribution is -2.48. The molecule has 0 radical (unpaired) electrons. The van der Waals surface area contributed by atoms with E-state index in [0.29, 0.717) is 17.4 Å². The normalized spacial score (nSPS) is 21.5. The Hall–Kier alpha value is -2.34. The molecule has 138 valence electrons. The van der Waals surface area contributed by atoms with Crippen molar-refractivity contribution in [3.63, 3.8) is 0 Å². The first-order chi connectivity index (χ1) is 12.8. The summed E-state index contributed by atoms with van der Waals surface area (Å²) in [5.74, 6) is 1.08. The summed E-state index contributed by atoms with van der Waals surface area (Å²) in [4.78, 5) is 19.3. The highest BCUT2D eigenvalue weighted by molar-refractivity contribution is 5.92. The minimum absolute atomic E-state index is 0.0622. The number of carbonyl (C=O) groups excluding carboxylic acids is 1. The number of aromatic nitrogens is 1. The van der Waals surface area contributed by atoms with Crippen LogP contribution in [0.15, 0.2) is 41.0 Å². The molecule has 0 spiro atoms. The molecule has 1 atom stereocenters. The van der Waals surface area contributed by atoms with E-state index in [4.69, 9.17) is 13.9 Å². The molecule has 2 fully saturated rings. The van der Waals surface area contributed by atoms with Gasteiger partial charge in [-0.25, -0.2) is 0 Å².